The van der Waals surface area contributed by atoms with Gasteiger partial charge in [0.25, 0.3) is 0 Å². The van der Waals surface area contributed by atoms with E-state index in [2.05, 4.69) is 45.2 Å². The predicted octanol–water partition coefficient (Wildman–Crippen LogP) is 3.39. The van der Waals surface area contributed by atoms with E-state index in [0.717, 1.165) is 16.4 Å². The largest absolute Gasteiger partial charge is 0.431 e. The van der Waals surface area contributed by atoms with Crippen molar-refractivity contribution in [3.63, 3.8) is 0 Å². The summed E-state index contributed by atoms with van der Waals surface area (Å²) in [6.07, 6.45) is 1.66. The smallest absolute Gasteiger partial charge is 0.341 e. The first-order valence-corrected chi connectivity index (χ1v) is 7.72. The van der Waals surface area contributed by atoms with Crippen LogP contribution in [0.2, 0.25) is 0 Å². The fourth-order valence-corrected chi connectivity index (χ4v) is 3.02. The first-order chi connectivity index (χ1) is 8.18. The molecule has 0 aliphatic carbocycles. The second-order valence-electron chi connectivity index (χ2n) is 3.78. The first kappa shape index (κ1) is 13.5. The maximum Gasteiger partial charge on any atom is 0.341 e. The van der Waals surface area contributed by atoms with Crippen LogP contribution in [0.4, 0.5) is 0 Å². The van der Waals surface area contributed by atoms with E-state index in [0.29, 0.717) is 12.2 Å². The fourth-order valence-electron chi connectivity index (χ4n) is 1.62. The molecule has 2 atom stereocenters. The molecule has 1 aliphatic heterocycles. The van der Waals surface area contributed by atoms with Gasteiger partial charge in [-0.05, 0) is 47.6 Å². The van der Waals surface area contributed by atoms with Crippen molar-refractivity contribution in [1.29, 1.82) is 0 Å². The van der Waals surface area contributed by atoms with Crippen molar-refractivity contribution < 1.29 is 14.3 Å². The van der Waals surface area contributed by atoms with Crippen molar-refractivity contribution in [2.75, 3.05) is 6.61 Å². The van der Waals surface area contributed by atoms with E-state index in [-0.39, 0.29) is 9.89 Å². The number of carbonyl (C=O) groups excluding carboxylic acids is 1. The quantitative estimate of drug-likeness (QED) is 0.388. The zero-order valence-electron chi connectivity index (χ0n) is 9.07. The lowest BCUT2D eigenvalue weighted by Crippen LogP contribution is -2.34. The highest BCUT2D eigenvalue weighted by atomic mass is 127. The molecule has 0 unspecified atom stereocenters. The Morgan fingerprint density at radius 3 is 2.88 bits per heavy atom. The Hall–Kier alpha value is 0.110. The second-order valence-corrected chi connectivity index (χ2v) is 6.54. The van der Waals surface area contributed by atoms with E-state index in [9.17, 15) is 4.79 Å². The molecule has 1 heterocycles. The van der Waals surface area contributed by atoms with Crippen LogP contribution in [0.5, 0.6) is 0 Å². The zero-order valence-corrected chi connectivity index (χ0v) is 13.4. The molecular formula is C12H12I2O3. The summed E-state index contributed by atoms with van der Waals surface area (Å²) in [6.45, 7) is 0.670. The Bertz CT molecular complexity index is 408. The van der Waals surface area contributed by atoms with Gasteiger partial charge in [0, 0.05) is 3.57 Å². The third-order valence-corrected chi connectivity index (χ3v) is 4.67. The Labute approximate surface area is 128 Å². The van der Waals surface area contributed by atoms with Crippen LogP contribution in [0, 0.1) is 3.57 Å². The highest BCUT2D eigenvalue weighted by Crippen LogP contribution is 2.24. The summed E-state index contributed by atoms with van der Waals surface area (Å²) in [5.41, 5.74) is 0.603. The van der Waals surface area contributed by atoms with Crippen molar-refractivity contribution >= 4 is 51.2 Å². The average Bonchev–Trinajstić information content (AvgIpc) is 2.32. The number of esters is 1. The lowest BCUT2D eigenvalue weighted by Gasteiger charge is -2.27. The topological polar surface area (TPSA) is 35.5 Å². The highest BCUT2D eigenvalue weighted by Gasteiger charge is 2.27. The molecular weight excluding hydrogens is 446 g/mol. The van der Waals surface area contributed by atoms with Crippen LogP contribution >= 0.6 is 45.2 Å². The van der Waals surface area contributed by atoms with Crippen LogP contribution in [0.15, 0.2) is 24.3 Å². The number of halogens is 2. The van der Waals surface area contributed by atoms with Gasteiger partial charge in [0.1, 0.15) is 0 Å². The van der Waals surface area contributed by atoms with Crippen LogP contribution in [0.3, 0.4) is 0 Å². The summed E-state index contributed by atoms with van der Waals surface area (Å²) in [7, 11) is 0. The number of benzene rings is 1. The predicted molar refractivity (Wildman–Crippen MR) is 81.4 cm³/mol. The van der Waals surface area contributed by atoms with Crippen LogP contribution in [-0.2, 0) is 9.47 Å². The minimum absolute atomic E-state index is 0.242. The Kier molecular flexibility index (Phi) is 5.04. The number of ether oxygens (including phenoxy) is 2. The number of carbonyl (C=O) groups is 1. The molecule has 1 aromatic rings. The standard InChI is InChI=1S/C12H12I2O3/c13-9-5-2-1-4-8(9)11(15)17-12-10(14)6-3-7-16-12/h1-2,4-5,10,12H,3,6-7H2/t10-,12-/m1/s1. The fraction of sp³-hybridized carbons (Fsp3) is 0.417. The molecule has 2 rings (SSSR count). The van der Waals surface area contributed by atoms with Gasteiger partial charge in [-0.1, -0.05) is 34.7 Å². The van der Waals surface area contributed by atoms with Crippen molar-refractivity contribution in [3.05, 3.63) is 33.4 Å². The molecule has 3 nitrogen and oxygen atoms in total. The summed E-state index contributed by atoms with van der Waals surface area (Å²) in [6, 6.07) is 7.40. The van der Waals surface area contributed by atoms with Gasteiger partial charge in [0.2, 0.25) is 6.29 Å². The summed E-state index contributed by atoms with van der Waals surface area (Å²) in [5, 5.41) is 0. The summed E-state index contributed by atoms with van der Waals surface area (Å²) in [4.78, 5) is 12.0. The summed E-state index contributed by atoms with van der Waals surface area (Å²) >= 11 is 4.41. The third-order valence-electron chi connectivity index (χ3n) is 2.52. The van der Waals surface area contributed by atoms with Gasteiger partial charge >= 0.3 is 5.97 Å². The molecule has 0 bridgehead atoms. The number of hydrogen-bond acceptors (Lipinski definition) is 3. The average molecular weight is 458 g/mol. The Balaban J connectivity index is 2.04. The monoisotopic (exact) mass is 458 g/mol. The third kappa shape index (κ3) is 3.54. The molecule has 92 valence electrons. The summed E-state index contributed by atoms with van der Waals surface area (Å²) in [5.74, 6) is -0.302. The van der Waals surface area contributed by atoms with Crippen LogP contribution in [-0.4, -0.2) is 22.8 Å². The molecule has 0 saturated carbocycles. The van der Waals surface area contributed by atoms with Gasteiger partial charge in [-0.3, -0.25) is 0 Å². The summed E-state index contributed by atoms with van der Waals surface area (Å²) < 4.78 is 12.0. The maximum atomic E-state index is 12.0. The number of alkyl halides is 1. The molecule has 0 amide bonds. The van der Waals surface area contributed by atoms with E-state index in [1.165, 1.54) is 0 Å². The molecule has 0 aromatic heterocycles. The number of rotatable bonds is 2. The SMILES string of the molecule is O=C(O[C@H]1OCCC[C@H]1I)c1ccccc1I. The first-order valence-electron chi connectivity index (χ1n) is 5.39. The van der Waals surface area contributed by atoms with Crippen LogP contribution in [0.1, 0.15) is 23.2 Å². The van der Waals surface area contributed by atoms with Crippen molar-refractivity contribution in [1.82, 2.24) is 0 Å². The second kappa shape index (κ2) is 6.33. The van der Waals surface area contributed by atoms with Crippen molar-refractivity contribution in [2.24, 2.45) is 0 Å². The van der Waals surface area contributed by atoms with Crippen molar-refractivity contribution in [2.45, 2.75) is 23.1 Å². The van der Waals surface area contributed by atoms with Crippen molar-refractivity contribution in [3.8, 4) is 0 Å². The van der Waals surface area contributed by atoms with Gasteiger partial charge in [0.05, 0.1) is 16.1 Å². The maximum absolute atomic E-state index is 12.0. The molecule has 0 radical (unpaired) electrons. The van der Waals surface area contributed by atoms with Gasteiger partial charge in [0.15, 0.2) is 0 Å². The highest BCUT2D eigenvalue weighted by molar-refractivity contribution is 14.1. The molecule has 17 heavy (non-hydrogen) atoms. The van der Waals surface area contributed by atoms with Gasteiger partial charge in [-0.2, -0.15) is 0 Å². The Morgan fingerprint density at radius 2 is 2.18 bits per heavy atom. The molecule has 0 spiro atoms. The van der Waals surface area contributed by atoms with Gasteiger partial charge in [-0.25, -0.2) is 4.79 Å². The molecule has 0 N–H and O–H groups in total. The van der Waals surface area contributed by atoms with E-state index in [1.54, 1.807) is 6.07 Å². The molecule has 1 fully saturated rings. The molecule has 5 heteroatoms. The minimum atomic E-state index is -0.409. The van der Waals surface area contributed by atoms with E-state index in [4.69, 9.17) is 9.47 Å². The van der Waals surface area contributed by atoms with E-state index < -0.39 is 6.29 Å². The molecule has 1 aliphatic rings. The van der Waals surface area contributed by atoms with E-state index in [1.807, 2.05) is 18.2 Å². The lowest BCUT2D eigenvalue weighted by atomic mass is 10.2. The van der Waals surface area contributed by atoms with Crippen LogP contribution < -0.4 is 0 Å². The minimum Gasteiger partial charge on any atom is -0.431 e. The normalized spacial score (nSPS) is 24.4. The Morgan fingerprint density at radius 1 is 1.41 bits per heavy atom. The van der Waals surface area contributed by atoms with Gasteiger partial charge in [-0.15, -0.1) is 0 Å². The number of hydrogen-bond donors (Lipinski definition) is 0. The van der Waals surface area contributed by atoms with Gasteiger partial charge < -0.3 is 9.47 Å². The molecule has 1 saturated heterocycles. The lowest BCUT2D eigenvalue weighted by molar-refractivity contribution is -0.123. The van der Waals surface area contributed by atoms with E-state index >= 15 is 0 Å². The molecule has 1 aromatic carbocycles. The van der Waals surface area contributed by atoms with Crippen LogP contribution in [0.25, 0.3) is 0 Å². The zero-order chi connectivity index (χ0) is 12.3.